The first-order valence-electron chi connectivity index (χ1n) is 8.97. The molecule has 6 nitrogen and oxygen atoms in total. The van der Waals surface area contributed by atoms with Crippen LogP contribution in [0, 0.1) is 0 Å². The zero-order valence-corrected chi connectivity index (χ0v) is 18.3. The molecular weight excluding hydrogens is 443 g/mol. The molecular formula is C19H31IN4O2. The predicted molar refractivity (Wildman–Crippen MR) is 117 cm³/mol. The molecule has 1 aromatic rings. The van der Waals surface area contributed by atoms with Crippen molar-refractivity contribution in [3.05, 3.63) is 29.8 Å². The van der Waals surface area contributed by atoms with Gasteiger partial charge in [-0.2, -0.15) is 0 Å². The van der Waals surface area contributed by atoms with Crippen molar-refractivity contribution in [2.45, 2.75) is 52.1 Å². The number of benzene rings is 1. The molecule has 7 heteroatoms. The highest BCUT2D eigenvalue weighted by Gasteiger charge is 2.16. The number of nitrogens with one attached hydrogen (secondary N) is 1. The number of nitrogens with two attached hydrogens (primary N) is 1. The number of likely N-dealkylation sites (tertiary alicyclic amines) is 1. The van der Waals surface area contributed by atoms with E-state index in [1.165, 1.54) is 19.3 Å². The number of guanidine groups is 1. The van der Waals surface area contributed by atoms with Crippen LogP contribution in [0.15, 0.2) is 29.3 Å². The summed E-state index contributed by atoms with van der Waals surface area (Å²) in [5.41, 5.74) is 7.43. The number of aliphatic imine (C=N–C) groups is 1. The van der Waals surface area contributed by atoms with E-state index in [1.807, 2.05) is 45.0 Å². The van der Waals surface area contributed by atoms with E-state index in [-0.39, 0.29) is 24.0 Å². The lowest BCUT2D eigenvalue weighted by Crippen LogP contribution is -2.41. The van der Waals surface area contributed by atoms with Crippen LogP contribution in [0.4, 0.5) is 10.5 Å². The molecule has 3 N–H and O–H groups in total. The topological polar surface area (TPSA) is 79.9 Å². The van der Waals surface area contributed by atoms with Crippen molar-refractivity contribution in [2.24, 2.45) is 10.7 Å². The first-order valence-corrected chi connectivity index (χ1v) is 8.97. The maximum atomic E-state index is 11.7. The number of amides is 1. The monoisotopic (exact) mass is 474 g/mol. The van der Waals surface area contributed by atoms with Crippen LogP contribution in [0.1, 0.15) is 45.6 Å². The third kappa shape index (κ3) is 8.25. The fourth-order valence-corrected chi connectivity index (χ4v) is 2.70. The van der Waals surface area contributed by atoms with Gasteiger partial charge in [-0.15, -0.1) is 24.0 Å². The van der Waals surface area contributed by atoms with Crippen LogP contribution in [0.2, 0.25) is 0 Å². The van der Waals surface area contributed by atoms with E-state index < -0.39 is 11.7 Å². The molecule has 26 heavy (non-hydrogen) atoms. The van der Waals surface area contributed by atoms with Crippen LogP contribution in [-0.2, 0) is 11.2 Å². The fourth-order valence-electron chi connectivity index (χ4n) is 2.70. The highest BCUT2D eigenvalue weighted by molar-refractivity contribution is 14.0. The second-order valence-corrected chi connectivity index (χ2v) is 7.36. The van der Waals surface area contributed by atoms with E-state index in [4.69, 9.17) is 10.5 Å². The number of piperidine rings is 1. The first-order chi connectivity index (χ1) is 11.8. The third-order valence-corrected chi connectivity index (χ3v) is 3.95. The van der Waals surface area contributed by atoms with Crippen LogP contribution >= 0.6 is 24.0 Å². The molecule has 1 aliphatic heterocycles. The van der Waals surface area contributed by atoms with E-state index >= 15 is 0 Å². The van der Waals surface area contributed by atoms with Gasteiger partial charge in [0.05, 0.1) is 0 Å². The molecule has 1 saturated heterocycles. The highest BCUT2D eigenvalue weighted by atomic mass is 127. The SMILES string of the molecule is CC(C)(C)OC(=O)Nc1ccc(CCN=C(N)N2CCCCC2)cc1.I. The number of halogens is 1. The van der Waals surface area contributed by atoms with Crippen molar-refractivity contribution in [3.8, 4) is 0 Å². The Morgan fingerprint density at radius 1 is 1.19 bits per heavy atom. The zero-order chi connectivity index (χ0) is 18.3. The molecule has 146 valence electrons. The number of hydrogen-bond donors (Lipinski definition) is 2. The van der Waals surface area contributed by atoms with E-state index in [1.54, 1.807) is 0 Å². The van der Waals surface area contributed by atoms with E-state index in [0.29, 0.717) is 18.2 Å². The van der Waals surface area contributed by atoms with Gasteiger partial charge in [-0.3, -0.25) is 10.3 Å². The first kappa shape index (κ1) is 22.5. The van der Waals surface area contributed by atoms with Gasteiger partial charge < -0.3 is 15.4 Å². The van der Waals surface area contributed by atoms with E-state index in [9.17, 15) is 4.79 Å². The number of ether oxygens (including phenoxy) is 1. The molecule has 0 unspecified atom stereocenters. The number of rotatable bonds is 4. The number of nitrogens with zero attached hydrogens (tertiary/aromatic N) is 2. The van der Waals surface area contributed by atoms with Gasteiger partial charge in [0.15, 0.2) is 5.96 Å². The molecule has 0 aromatic heterocycles. The quantitative estimate of drug-likeness (QED) is 0.393. The van der Waals surface area contributed by atoms with Gasteiger partial charge in [0.25, 0.3) is 0 Å². The Bertz CT molecular complexity index is 591. The third-order valence-electron chi connectivity index (χ3n) is 3.95. The normalized spacial score (nSPS) is 15.2. The molecule has 0 aliphatic carbocycles. The number of hydrogen-bond acceptors (Lipinski definition) is 3. The molecule has 1 heterocycles. The molecule has 1 aliphatic rings. The molecule has 1 amide bonds. The number of carbonyl (C=O) groups excluding carboxylic acids is 1. The molecule has 2 rings (SSSR count). The van der Waals surface area contributed by atoms with Crippen LogP contribution in [-0.4, -0.2) is 42.2 Å². The van der Waals surface area contributed by atoms with Gasteiger partial charge in [0.2, 0.25) is 0 Å². The Morgan fingerprint density at radius 2 is 1.81 bits per heavy atom. The summed E-state index contributed by atoms with van der Waals surface area (Å²) in [6.07, 6.45) is 4.05. The Morgan fingerprint density at radius 3 is 2.38 bits per heavy atom. The van der Waals surface area contributed by atoms with E-state index in [0.717, 1.165) is 25.1 Å². The number of carbonyl (C=O) groups is 1. The van der Waals surface area contributed by atoms with Gasteiger partial charge in [-0.05, 0) is 64.2 Å². The lowest BCUT2D eigenvalue weighted by molar-refractivity contribution is 0.0636. The summed E-state index contributed by atoms with van der Waals surface area (Å²) in [5.74, 6) is 0.655. The Labute approximate surface area is 173 Å². The molecule has 0 saturated carbocycles. The zero-order valence-electron chi connectivity index (χ0n) is 16.0. The summed E-state index contributed by atoms with van der Waals surface area (Å²) in [4.78, 5) is 18.4. The van der Waals surface area contributed by atoms with Crippen LogP contribution in [0.25, 0.3) is 0 Å². The average molecular weight is 474 g/mol. The second kappa shape index (κ2) is 10.6. The summed E-state index contributed by atoms with van der Waals surface area (Å²) in [5, 5.41) is 2.73. The van der Waals surface area contributed by atoms with Crippen LogP contribution < -0.4 is 11.1 Å². The molecule has 0 bridgehead atoms. The van der Waals surface area contributed by atoms with E-state index in [2.05, 4.69) is 15.2 Å². The van der Waals surface area contributed by atoms with Crippen molar-refractivity contribution in [1.29, 1.82) is 0 Å². The molecule has 1 aromatic carbocycles. The smallest absolute Gasteiger partial charge is 0.412 e. The summed E-state index contributed by atoms with van der Waals surface area (Å²) >= 11 is 0. The number of anilines is 1. The van der Waals surface area contributed by atoms with Crippen molar-refractivity contribution >= 4 is 41.7 Å². The van der Waals surface area contributed by atoms with Crippen molar-refractivity contribution in [1.82, 2.24) is 4.90 Å². The molecule has 0 spiro atoms. The maximum Gasteiger partial charge on any atom is 0.412 e. The lowest BCUT2D eigenvalue weighted by atomic mass is 10.1. The standard InChI is InChI=1S/C19H30N4O2.HI/c1-19(2,3)25-18(24)22-16-9-7-15(8-10-16)11-12-21-17(20)23-13-5-4-6-14-23;/h7-10H,4-6,11-14H2,1-3H3,(H2,20,21)(H,22,24);1H. The molecule has 0 radical (unpaired) electrons. The Balaban J connectivity index is 0.00000338. The maximum absolute atomic E-state index is 11.7. The van der Waals surface area contributed by atoms with Crippen molar-refractivity contribution in [3.63, 3.8) is 0 Å². The van der Waals surface area contributed by atoms with Crippen molar-refractivity contribution < 1.29 is 9.53 Å². The minimum atomic E-state index is -0.504. The minimum Gasteiger partial charge on any atom is -0.444 e. The predicted octanol–water partition coefficient (Wildman–Crippen LogP) is 3.99. The molecule has 0 atom stereocenters. The Hall–Kier alpha value is -1.51. The second-order valence-electron chi connectivity index (χ2n) is 7.36. The van der Waals surface area contributed by atoms with Gasteiger partial charge in [0, 0.05) is 25.3 Å². The largest absolute Gasteiger partial charge is 0.444 e. The summed E-state index contributed by atoms with van der Waals surface area (Å²) in [7, 11) is 0. The molecule has 1 fully saturated rings. The highest BCUT2D eigenvalue weighted by Crippen LogP contribution is 2.13. The van der Waals surface area contributed by atoms with Gasteiger partial charge in [-0.25, -0.2) is 4.79 Å². The summed E-state index contributed by atoms with van der Waals surface area (Å²) < 4.78 is 5.23. The average Bonchev–Trinajstić information content (AvgIpc) is 2.55. The summed E-state index contributed by atoms with van der Waals surface area (Å²) in [6.45, 7) is 8.21. The lowest BCUT2D eigenvalue weighted by Gasteiger charge is -2.27. The minimum absolute atomic E-state index is 0. The van der Waals surface area contributed by atoms with Gasteiger partial charge in [-0.1, -0.05) is 12.1 Å². The Kier molecular flexibility index (Phi) is 9.18. The van der Waals surface area contributed by atoms with Gasteiger partial charge in [0.1, 0.15) is 5.60 Å². The van der Waals surface area contributed by atoms with Gasteiger partial charge >= 0.3 is 6.09 Å². The summed E-state index contributed by atoms with van der Waals surface area (Å²) in [6, 6.07) is 7.71. The fraction of sp³-hybridized carbons (Fsp3) is 0.579. The van der Waals surface area contributed by atoms with Crippen molar-refractivity contribution in [2.75, 3.05) is 25.0 Å². The van der Waals surface area contributed by atoms with Crippen LogP contribution in [0.3, 0.4) is 0 Å². The van der Waals surface area contributed by atoms with Crippen LogP contribution in [0.5, 0.6) is 0 Å².